The molecule has 2 heterocycles. The van der Waals surface area contributed by atoms with Gasteiger partial charge in [-0.15, -0.1) is 24.0 Å². The Morgan fingerprint density at radius 2 is 2.07 bits per heavy atom. The van der Waals surface area contributed by atoms with Crippen molar-refractivity contribution in [3.05, 3.63) is 17.0 Å². The number of aliphatic imine (C=N–C) groups is 1. The molecule has 2 unspecified atom stereocenters. The van der Waals surface area contributed by atoms with Crippen LogP contribution in [0.2, 0.25) is 0 Å². The van der Waals surface area contributed by atoms with Gasteiger partial charge in [-0.05, 0) is 71.5 Å². The normalized spacial score (nSPS) is 19.0. The van der Waals surface area contributed by atoms with Gasteiger partial charge >= 0.3 is 0 Å². The zero-order valence-corrected chi connectivity index (χ0v) is 20.3. The molecule has 0 spiro atoms. The van der Waals surface area contributed by atoms with E-state index >= 15 is 0 Å². The third-order valence-corrected chi connectivity index (χ3v) is 5.31. The van der Waals surface area contributed by atoms with Crippen molar-refractivity contribution >= 4 is 29.9 Å². The van der Waals surface area contributed by atoms with Gasteiger partial charge in [0.05, 0.1) is 5.69 Å². The van der Waals surface area contributed by atoms with Gasteiger partial charge in [-0.2, -0.15) is 5.10 Å². The molecule has 1 aliphatic rings. The van der Waals surface area contributed by atoms with Crippen LogP contribution in [0, 0.1) is 19.8 Å². The second kappa shape index (κ2) is 11.9. The number of likely N-dealkylation sites (tertiary alicyclic amines) is 1. The van der Waals surface area contributed by atoms with Crippen LogP contribution in [0.3, 0.4) is 0 Å². The Kier molecular flexibility index (Phi) is 10.7. The van der Waals surface area contributed by atoms with Crippen LogP contribution in [-0.4, -0.2) is 59.4 Å². The molecule has 2 rings (SSSR count). The molecule has 0 aliphatic carbocycles. The molecule has 2 atom stereocenters. The Hall–Kier alpha value is -0.830. The van der Waals surface area contributed by atoms with E-state index in [1.165, 1.54) is 43.7 Å². The first-order valence-corrected chi connectivity index (χ1v) is 10.2. The SMILES string of the molecule is CCCN1CCC(CN=C(NCC)NC(C)Cc2c(C)nn(C)c2C)C1.I. The average Bonchev–Trinajstić information content (AvgIpc) is 3.13. The van der Waals surface area contributed by atoms with E-state index in [2.05, 4.69) is 55.3 Å². The molecule has 1 aromatic rings. The van der Waals surface area contributed by atoms with Crippen LogP contribution in [0.1, 0.15) is 50.6 Å². The first-order valence-electron chi connectivity index (χ1n) is 10.2. The maximum Gasteiger partial charge on any atom is 0.191 e. The topological polar surface area (TPSA) is 57.5 Å². The van der Waals surface area contributed by atoms with Crippen LogP contribution in [0.4, 0.5) is 0 Å². The lowest BCUT2D eigenvalue weighted by atomic mass is 10.1. The van der Waals surface area contributed by atoms with Gasteiger partial charge in [0.25, 0.3) is 0 Å². The molecular formula is C20H39IN6. The fourth-order valence-corrected chi connectivity index (χ4v) is 3.83. The van der Waals surface area contributed by atoms with Gasteiger partial charge in [0.2, 0.25) is 0 Å². The minimum absolute atomic E-state index is 0. The molecule has 0 saturated carbocycles. The van der Waals surface area contributed by atoms with E-state index in [0.29, 0.717) is 12.0 Å². The molecular weight excluding hydrogens is 451 g/mol. The van der Waals surface area contributed by atoms with Crippen LogP contribution in [-0.2, 0) is 13.5 Å². The molecule has 0 aromatic carbocycles. The number of hydrogen-bond donors (Lipinski definition) is 2. The van der Waals surface area contributed by atoms with Crippen molar-refractivity contribution in [1.29, 1.82) is 0 Å². The second-order valence-corrected chi connectivity index (χ2v) is 7.70. The maximum absolute atomic E-state index is 4.87. The summed E-state index contributed by atoms with van der Waals surface area (Å²) in [5.41, 5.74) is 3.72. The molecule has 0 bridgehead atoms. The summed E-state index contributed by atoms with van der Waals surface area (Å²) in [6.07, 6.45) is 3.47. The third kappa shape index (κ3) is 7.25. The highest BCUT2D eigenvalue weighted by Crippen LogP contribution is 2.17. The molecule has 27 heavy (non-hydrogen) atoms. The van der Waals surface area contributed by atoms with Crippen molar-refractivity contribution < 1.29 is 0 Å². The van der Waals surface area contributed by atoms with Gasteiger partial charge in [0, 0.05) is 38.4 Å². The Morgan fingerprint density at radius 1 is 1.33 bits per heavy atom. The first kappa shape index (κ1) is 24.2. The van der Waals surface area contributed by atoms with Crippen LogP contribution < -0.4 is 10.6 Å². The van der Waals surface area contributed by atoms with E-state index in [-0.39, 0.29) is 24.0 Å². The Bertz CT molecular complexity index is 598. The lowest BCUT2D eigenvalue weighted by Crippen LogP contribution is -2.43. The fraction of sp³-hybridized carbons (Fsp3) is 0.800. The molecule has 1 aromatic heterocycles. The Morgan fingerprint density at radius 3 is 2.67 bits per heavy atom. The summed E-state index contributed by atoms with van der Waals surface area (Å²) in [7, 11) is 2.01. The third-order valence-electron chi connectivity index (χ3n) is 5.31. The predicted molar refractivity (Wildman–Crippen MR) is 125 cm³/mol. The molecule has 0 radical (unpaired) electrons. The Labute approximate surface area is 182 Å². The minimum Gasteiger partial charge on any atom is -0.357 e. The minimum atomic E-state index is 0. The lowest BCUT2D eigenvalue weighted by molar-refractivity contribution is 0.326. The number of nitrogens with one attached hydrogen (secondary N) is 2. The van der Waals surface area contributed by atoms with Gasteiger partial charge in [-0.3, -0.25) is 9.67 Å². The van der Waals surface area contributed by atoms with Gasteiger partial charge in [-0.25, -0.2) is 0 Å². The zero-order valence-electron chi connectivity index (χ0n) is 18.0. The van der Waals surface area contributed by atoms with Gasteiger partial charge in [0.1, 0.15) is 0 Å². The number of hydrogen-bond acceptors (Lipinski definition) is 3. The highest BCUT2D eigenvalue weighted by molar-refractivity contribution is 14.0. The summed E-state index contributed by atoms with van der Waals surface area (Å²) in [5, 5.41) is 11.5. The molecule has 7 heteroatoms. The van der Waals surface area contributed by atoms with E-state index < -0.39 is 0 Å². The molecule has 156 valence electrons. The monoisotopic (exact) mass is 490 g/mol. The van der Waals surface area contributed by atoms with Crippen LogP contribution in [0.5, 0.6) is 0 Å². The van der Waals surface area contributed by atoms with Gasteiger partial charge in [0.15, 0.2) is 5.96 Å². The van der Waals surface area contributed by atoms with Crippen molar-refractivity contribution in [2.45, 2.75) is 59.9 Å². The van der Waals surface area contributed by atoms with Crippen molar-refractivity contribution in [2.24, 2.45) is 18.0 Å². The van der Waals surface area contributed by atoms with Crippen molar-refractivity contribution in [3.8, 4) is 0 Å². The van der Waals surface area contributed by atoms with Crippen LogP contribution in [0.25, 0.3) is 0 Å². The summed E-state index contributed by atoms with van der Waals surface area (Å²) in [6.45, 7) is 16.3. The first-order chi connectivity index (χ1) is 12.4. The van der Waals surface area contributed by atoms with Crippen molar-refractivity contribution in [1.82, 2.24) is 25.3 Å². The van der Waals surface area contributed by atoms with E-state index in [1.807, 2.05) is 11.7 Å². The average molecular weight is 490 g/mol. The number of halogens is 1. The van der Waals surface area contributed by atoms with E-state index in [9.17, 15) is 0 Å². The smallest absolute Gasteiger partial charge is 0.191 e. The lowest BCUT2D eigenvalue weighted by Gasteiger charge is -2.19. The predicted octanol–water partition coefficient (Wildman–Crippen LogP) is 2.87. The number of nitrogens with zero attached hydrogens (tertiary/aromatic N) is 4. The van der Waals surface area contributed by atoms with E-state index in [0.717, 1.165) is 31.2 Å². The number of aryl methyl sites for hydroxylation is 2. The van der Waals surface area contributed by atoms with Gasteiger partial charge < -0.3 is 15.5 Å². The summed E-state index contributed by atoms with van der Waals surface area (Å²) in [5.74, 6) is 1.63. The largest absolute Gasteiger partial charge is 0.357 e. The van der Waals surface area contributed by atoms with Gasteiger partial charge in [-0.1, -0.05) is 6.92 Å². The summed E-state index contributed by atoms with van der Waals surface area (Å²) < 4.78 is 1.97. The molecule has 0 amide bonds. The molecule has 1 fully saturated rings. The van der Waals surface area contributed by atoms with Crippen LogP contribution in [0.15, 0.2) is 4.99 Å². The molecule has 1 saturated heterocycles. The van der Waals surface area contributed by atoms with E-state index in [1.54, 1.807) is 0 Å². The Balaban J connectivity index is 0.00000364. The quantitative estimate of drug-likeness (QED) is 0.334. The second-order valence-electron chi connectivity index (χ2n) is 7.70. The number of rotatable bonds is 8. The fourth-order valence-electron chi connectivity index (χ4n) is 3.83. The molecule has 6 nitrogen and oxygen atoms in total. The number of aromatic nitrogens is 2. The van der Waals surface area contributed by atoms with Crippen molar-refractivity contribution in [3.63, 3.8) is 0 Å². The number of guanidine groups is 1. The maximum atomic E-state index is 4.87. The highest BCUT2D eigenvalue weighted by Gasteiger charge is 2.21. The van der Waals surface area contributed by atoms with E-state index in [4.69, 9.17) is 4.99 Å². The summed E-state index contributed by atoms with van der Waals surface area (Å²) in [6, 6.07) is 0.314. The van der Waals surface area contributed by atoms with Crippen molar-refractivity contribution in [2.75, 3.05) is 32.7 Å². The highest BCUT2D eigenvalue weighted by atomic mass is 127. The summed E-state index contributed by atoms with van der Waals surface area (Å²) >= 11 is 0. The zero-order chi connectivity index (χ0) is 19.1. The standard InChI is InChI=1S/C20H38N6.HI/c1-7-10-26-11-9-18(14-26)13-22-20(21-8-2)23-15(3)12-19-16(4)24-25(6)17(19)5;/h15,18H,7-14H2,1-6H3,(H2,21,22,23);1H. The van der Waals surface area contributed by atoms with Crippen LogP contribution >= 0.6 is 24.0 Å². The molecule has 2 N–H and O–H groups in total. The summed E-state index contributed by atoms with van der Waals surface area (Å²) in [4.78, 5) is 7.44. The molecule has 1 aliphatic heterocycles.